The molecule has 28 heavy (non-hydrogen) atoms. The van der Waals surface area contributed by atoms with E-state index in [4.69, 9.17) is 11.6 Å². The van der Waals surface area contributed by atoms with Gasteiger partial charge >= 0.3 is 6.18 Å². The number of aromatic nitrogens is 4. The number of halogens is 4. The largest absolute Gasteiger partial charge is 0.436 e. The summed E-state index contributed by atoms with van der Waals surface area (Å²) in [4.78, 5) is 31.0. The van der Waals surface area contributed by atoms with Gasteiger partial charge in [-0.15, -0.1) is 11.3 Å². The van der Waals surface area contributed by atoms with Crippen molar-refractivity contribution in [2.75, 3.05) is 5.43 Å². The van der Waals surface area contributed by atoms with Crippen LogP contribution in [0.1, 0.15) is 35.1 Å². The lowest BCUT2D eigenvalue weighted by atomic mass is 10.3. The number of rotatable bonds is 3. The molecule has 0 spiro atoms. The second kappa shape index (κ2) is 6.89. The molecule has 0 saturated carbocycles. The monoisotopic (exact) mass is 433 g/mol. The Labute approximate surface area is 165 Å². The molecule has 0 aliphatic carbocycles. The van der Waals surface area contributed by atoms with E-state index in [2.05, 4.69) is 15.5 Å². The molecule has 0 unspecified atom stereocenters. The van der Waals surface area contributed by atoms with Crippen molar-refractivity contribution in [1.82, 2.24) is 19.4 Å². The lowest BCUT2D eigenvalue weighted by Gasteiger charge is -2.16. The smallest absolute Gasteiger partial charge is 0.271 e. The minimum atomic E-state index is -4.75. The normalized spacial score (nSPS) is 13.1. The lowest BCUT2D eigenvalue weighted by Crippen LogP contribution is -2.38. The van der Waals surface area contributed by atoms with E-state index in [0.29, 0.717) is 10.2 Å². The first-order chi connectivity index (χ1) is 12.9. The summed E-state index contributed by atoms with van der Waals surface area (Å²) < 4.78 is 40.8. The molecule has 3 heterocycles. The van der Waals surface area contributed by atoms with Gasteiger partial charge in [-0.2, -0.15) is 18.3 Å². The molecule has 150 valence electrons. The molecule has 0 fully saturated rings. The van der Waals surface area contributed by atoms with E-state index in [-0.39, 0.29) is 11.5 Å². The molecule has 0 bridgehead atoms. The van der Waals surface area contributed by atoms with Gasteiger partial charge in [0.25, 0.3) is 11.5 Å². The SMILES string of the molecule is Cc1cc2c(=O)n(NC(=O)[C@H](C)n3nc(C(F)(F)F)c(Cl)c3C)c(C)nc2s1. The van der Waals surface area contributed by atoms with E-state index in [0.717, 1.165) is 14.2 Å². The van der Waals surface area contributed by atoms with Gasteiger partial charge in [0.2, 0.25) is 0 Å². The molecule has 1 atom stereocenters. The standard InChI is InChI=1S/C16H15ClF3N5O2S/c1-6-5-10-14(28-6)21-9(4)25(15(10)27)23-13(26)8(3)24-7(2)11(17)12(22-24)16(18,19)20/h5,8H,1-4H3,(H,23,26)/t8-/m0/s1. The number of carbonyl (C=O) groups excluding carboxylic acids is 1. The molecule has 0 radical (unpaired) electrons. The molecular weight excluding hydrogens is 419 g/mol. The Bertz CT molecular complexity index is 1150. The Balaban J connectivity index is 1.96. The molecule has 12 heteroatoms. The first-order valence-electron chi connectivity index (χ1n) is 8.04. The van der Waals surface area contributed by atoms with Crippen LogP contribution in [0.25, 0.3) is 10.2 Å². The van der Waals surface area contributed by atoms with Crippen LogP contribution in [-0.4, -0.2) is 25.3 Å². The Hall–Kier alpha value is -2.40. The molecule has 3 aromatic rings. The van der Waals surface area contributed by atoms with E-state index in [1.54, 1.807) is 13.0 Å². The number of hydrogen-bond acceptors (Lipinski definition) is 5. The Morgan fingerprint density at radius 1 is 1.32 bits per heavy atom. The van der Waals surface area contributed by atoms with Gasteiger partial charge in [0.15, 0.2) is 5.69 Å². The molecule has 7 nitrogen and oxygen atoms in total. The van der Waals surface area contributed by atoms with E-state index >= 15 is 0 Å². The first-order valence-corrected chi connectivity index (χ1v) is 9.23. The average molecular weight is 434 g/mol. The van der Waals surface area contributed by atoms with Crippen LogP contribution in [0.5, 0.6) is 0 Å². The second-order valence-electron chi connectivity index (χ2n) is 6.22. The van der Waals surface area contributed by atoms with Crippen molar-refractivity contribution in [2.45, 2.75) is 39.9 Å². The maximum atomic E-state index is 13.0. The van der Waals surface area contributed by atoms with Crippen LogP contribution in [0.4, 0.5) is 13.2 Å². The molecule has 0 aromatic carbocycles. The number of thiophene rings is 1. The highest BCUT2D eigenvalue weighted by atomic mass is 35.5. The van der Waals surface area contributed by atoms with Crippen molar-refractivity contribution in [3.63, 3.8) is 0 Å². The van der Waals surface area contributed by atoms with Gasteiger partial charge in [0, 0.05) is 4.88 Å². The fraction of sp³-hybridized carbons (Fsp3) is 0.375. The summed E-state index contributed by atoms with van der Waals surface area (Å²) in [7, 11) is 0. The minimum absolute atomic E-state index is 0.0113. The van der Waals surface area contributed by atoms with E-state index in [9.17, 15) is 22.8 Å². The molecule has 3 aromatic heterocycles. The highest BCUT2D eigenvalue weighted by molar-refractivity contribution is 7.18. The Morgan fingerprint density at radius 3 is 2.54 bits per heavy atom. The maximum Gasteiger partial charge on any atom is 0.436 e. The van der Waals surface area contributed by atoms with Crippen molar-refractivity contribution >= 4 is 39.1 Å². The van der Waals surface area contributed by atoms with Crippen LogP contribution in [0, 0.1) is 20.8 Å². The highest BCUT2D eigenvalue weighted by Gasteiger charge is 2.39. The first kappa shape index (κ1) is 20.3. The zero-order valence-corrected chi connectivity index (χ0v) is 16.8. The second-order valence-corrected chi connectivity index (χ2v) is 7.83. The lowest BCUT2D eigenvalue weighted by molar-refractivity contribution is -0.141. The topological polar surface area (TPSA) is 81.8 Å². The molecule has 0 aliphatic rings. The van der Waals surface area contributed by atoms with Crippen LogP contribution >= 0.6 is 22.9 Å². The van der Waals surface area contributed by atoms with Crippen molar-refractivity contribution in [1.29, 1.82) is 0 Å². The summed E-state index contributed by atoms with van der Waals surface area (Å²) >= 11 is 7.07. The zero-order chi connectivity index (χ0) is 21.0. The molecular formula is C16H15ClF3N5O2S. The number of alkyl halides is 3. The number of fused-ring (bicyclic) bond motifs is 1. The van der Waals surface area contributed by atoms with Crippen LogP contribution in [0.2, 0.25) is 5.02 Å². The minimum Gasteiger partial charge on any atom is -0.271 e. The quantitative estimate of drug-likeness (QED) is 0.684. The van der Waals surface area contributed by atoms with E-state index in [1.165, 1.54) is 25.2 Å². The fourth-order valence-electron chi connectivity index (χ4n) is 2.71. The zero-order valence-electron chi connectivity index (χ0n) is 15.2. The van der Waals surface area contributed by atoms with Crippen LogP contribution < -0.4 is 11.0 Å². The van der Waals surface area contributed by atoms with E-state index in [1.807, 2.05) is 6.92 Å². The van der Waals surface area contributed by atoms with Crippen LogP contribution in [0.15, 0.2) is 10.9 Å². The summed E-state index contributed by atoms with van der Waals surface area (Å²) in [6.45, 7) is 6.05. The summed E-state index contributed by atoms with van der Waals surface area (Å²) in [5.74, 6) is -0.500. The third-order valence-corrected chi connectivity index (χ3v) is 5.57. The van der Waals surface area contributed by atoms with Crippen molar-refractivity contribution < 1.29 is 18.0 Å². The predicted molar refractivity (Wildman–Crippen MR) is 99.4 cm³/mol. The van der Waals surface area contributed by atoms with Crippen LogP contribution in [0.3, 0.4) is 0 Å². The van der Waals surface area contributed by atoms with Gasteiger partial charge in [0.1, 0.15) is 16.7 Å². The number of nitrogens with one attached hydrogen (secondary N) is 1. The number of amides is 1. The number of carbonyl (C=O) groups is 1. The maximum absolute atomic E-state index is 13.0. The average Bonchev–Trinajstić information content (AvgIpc) is 3.10. The molecule has 3 rings (SSSR count). The van der Waals surface area contributed by atoms with Gasteiger partial charge in [-0.1, -0.05) is 11.6 Å². The Kier molecular flexibility index (Phi) is 5.00. The van der Waals surface area contributed by atoms with Crippen molar-refractivity contribution in [2.24, 2.45) is 0 Å². The molecule has 0 saturated heterocycles. The number of nitrogens with zero attached hydrogens (tertiary/aromatic N) is 4. The third-order valence-electron chi connectivity index (χ3n) is 4.17. The molecule has 1 amide bonds. The van der Waals surface area contributed by atoms with Crippen molar-refractivity contribution in [3.05, 3.63) is 43.5 Å². The van der Waals surface area contributed by atoms with Gasteiger partial charge in [0.05, 0.1) is 16.1 Å². The fourth-order valence-corrected chi connectivity index (χ4v) is 3.85. The van der Waals surface area contributed by atoms with Crippen molar-refractivity contribution in [3.8, 4) is 0 Å². The summed E-state index contributed by atoms with van der Waals surface area (Å²) in [5, 5.41) is 3.21. The third kappa shape index (κ3) is 3.39. The summed E-state index contributed by atoms with van der Waals surface area (Å²) in [6.07, 6.45) is -4.75. The van der Waals surface area contributed by atoms with Gasteiger partial charge in [-0.3, -0.25) is 19.7 Å². The number of hydrogen-bond donors (Lipinski definition) is 1. The summed E-state index contributed by atoms with van der Waals surface area (Å²) in [5.41, 5.74) is 0.643. The predicted octanol–water partition coefficient (Wildman–Crippen LogP) is 3.58. The molecule has 1 N–H and O–H groups in total. The van der Waals surface area contributed by atoms with Gasteiger partial charge in [-0.25, -0.2) is 9.66 Å². The van der Waals surface area contributed by atoms with Gasteiger partial charge < -0.3 is 0 Å². The molecule has 0 aliphatic heterocycles. The Morgan fingerprint density at radius 2 is 1.96 bits per heavy atom. The van der Waals surface area contributed by atoms with Crippen LogP contribution in [-0.2, 0) is 11.0 Å². The number of aryl methyl sites for hydroxylation is 2. The highest BCUT2D eigenvalue weighted by Crippen LogP contribution is 2.36. The van der Waals surface area contributed by atoms with E-state index < -0.39 is 34.4 Å². The van der Waals surface area contributed by atoms with Gasteiger partial charge in [-0.05, 0) is 33.8 Å². The summed E-state index contributed by atoms with van der Waals surface area (Å²) in [6, 6.07) is 0.508.